The number of carbonyl (C=O) groups is 1. The van der Waals surface area contributed by atoms with E-state index >= 15 is 0 Å². The standard InChI is InChI=1S/C15H21N5OS/c1-15(2,3)14-18-12(8-22-14)13(21)19-6-4-5-11(7-19)20-10-16-9-17-20/h8-11H,4-7H2,1-3H3. The Balaban J connectivity index is 1.73. The van der Waals surface area contributed by atoms with Gasteiger partial charge in [0.15, 0.2) is 0 Å². The smallest absolute Gasteiger partial charge is 0.273 e. The lowest BCUT2D eigenvalue weighted by molar-refractivity contribution is 0.0667. The molecule has 22 heavy (non-hydrogen) atoms. The van der Waals surface area contributed by atoms with Crippen molar-refractivity contribution in [3.8, 4) is 0 Å². The third-order valence-electron chi connectivity index (χ3n) is 3.86. The summed E-state index contributed by atoms with van der Waals surface area (Å²) in [6, 6.07) is 0.209. The van der Waals surface area contributed by atoms with E-state index in [2.05, 4.69) is 35.8 Å². The number of likely N-dealkylation sites (tertiary alicyclic amines) is 1. The number of hydrogen-bond donors (Lipinski definition) is 0. The molecule has 3 rings (SSSR count). The fourth-order valence-electron chi connectivity index (χ4n) is 2.64. The number of carbonyl (C=O) groups excluding carboxylic acids is 1. The first-order chi connectivity index (χ1) is 10.4. The van der Waals surface area contributed by atoms with Crippen LogP contribution < -0.4 is 0 Å². The predicted molar refractivity (Wildman–Crippen MR) is 85.0 cm³/mol. The number of amides is 1. The molecule has 0 aromatic carbocycles. The molecule has 0 bridgehead atoms. The first-order valence-corrected chi connectivity index (χ1v) is 8.42. The number of thiazole rings is 1. The molecule has 118 valence electrons. The molecule has 1 unspecified atom stereocenters. The van der Waals surface area contributed by atoms with Gasteiger partial charge >= 0.3 is 0 Å². The molecule has 0 saturated carbocycles. The van der Waals surface area contributed by atoms with Gasteiger partial charge in [0, 0.05) is 23.9 Å². The molecule has 3 heterocycles. The summed E-state index contributed by atoms with van der Waals surface area (Å²) in [6.07, 6.45) is 5.26. The van der Waals surface area contributed by atoms with Crippen LogP contribution >= 0.6 is 11.3 Å². The molecule has 1 saturated heterocycles. The van der Waals surface area contributed by atoms with Crippen molar-refractivity contribution in [2.24, 2.45) is 0 Å². The molecule has 0 N–H and O–H groups in total. The minimum atomic E-state index is -0.0195. The molecule has 0 aliphatic carbocycles. The summed E-state index contributed by atoms with van der Waals surface area (Å²) >= 11 is 1.56. The highest BCUT2D eigenvalue weighted by atomic mass is 32.1. The summed E-state index contributed by atoms with van der Waals surface area (Å²) in [5.74, 6) is 0.0246. The van der Waals surface area contributed by atoms with Gasteiger partial charge in [0.1, 0.15) is 18.3 Å². The molecule has 1 aliphatic rings. The van der Waals surface area contributed by atoms with Crippen LogP contribution in [-0.4, -0.2) is 43.6 Å². The second-order valence-electron chi connectivity index (χ2n) is 6.71. The number of rotatable bonds is 2. The minimum absolute atomic E-state index is 0.0195. The molecule has 1 fully saturated rings. The van der Waals surface area contributed by atoms with Gasteiger partial charge in [-0.1, -0.05) is 20.8 Å². The quantitative estimate of drug-likeness (QED) is 0.853. The zero-order chi connectivity index (χ0) is 15.7. The van der Waals surface area contributed by atoms with Crippen LogP contribution in [-0.2, 0) is 5.41 Å². The zero-order valence-electron chi connectivity index (χ0n) is 13.2. The van der Waals surface area contributed by atoms with Crippen molar-refractivity contribution in [1.29, 1.82) is 0 Å². The lowest BCUT2D eigenvalue weighted by Gasteiger charge is -2.32. The van der Waals surface area contributed by atoms with Crippen molar-refractivity contribution in [1.82, 2.24) is 24.6 Å². The van der Waals surface area contributed by atoms with E-state index in [1.807, 2.05) is 15.0 Å². The van der Waals surface area contributed by atoms with E-state index in [1.165, 1.54) is 6.33 Å². The third-order valence-corrected chi connectivity index (χ3v) is 5.13. The van der Waals surface area contributed by atoms with Gasteiger partial charge in [-0.05, 0) is 12.8 Å². The van der Waals surface area contributed by atoms with E-state index in [1.54, 1.807) is 17.7 Å². The molecule has 1 aliphatic heterocycles. The lowest BCUT2D eigenvalue weighted by Crippen LogP contribution is -2.41. The maximum atomic E-state index is 12.7. The Morgan fingerprint density at radius 1 is 1.41 bits per heavy atom. The van der Waals surface area contributed by atoms with Crippen LogP contribution in [0.25, 0.3) is 0 Å². The Hall–Kier alpha value is -1.76. The molecule has 1 atom stereocenters. The van der Waals surface area contributed by atoms with Crippen molar-refractivity contribution in [2.75, 3.05) is 13.1 Å². The average Bonchev–Trinajstić information content (AvgIpc) is 3.17. The third kappa shape index (κ3) is 3.04. The monoisotopic (exact) mass is 319 g/mol. The number of aromatic nitrogens is 4. The summed E-state index contributed by atoms with van der Waals surface area (Å²) in [4.78, 5) is 23.1. The highest BCUT2D eigenvalue weighted by molar-refractivity contribution is 7.10. The Kier molecular flexibility index (Phi) is 3.99. The van der Waals surface area contributed by atoms with Crippen molar-refractivity contribution < 1.29 is 4.79 Å². The number of nitrogens with zero attached hydrogens (tertiary/aromatic N) is 5. The molecule has 1 amide bonds. The Morgan fingerprint density at radius 2 is 2.23 bits per heavy atom. The minimum Gasteiger partial charge on any atom is -0.335 e. The zero-order valence-corrected chi connectivity index (χ0v) is 14.0. The fourth-order valence-corrected chi connectivity index (χ4v) is 3.52. The van der Waals surface area contributed by atoms with Gasteiger partial charge in [0.05, 0.1) is 11.0 Å². The van der Waals surface area contributed by atoms with E-state index in [9.17, 15) is 4.79 Å². The second-order valence-corrected chi connectivity index (χ2v) is 7.57. The molecule has 7 heteroatoms. The van der Waals surface area contributed by atoms with Gasteiger partial charge in [0.25, 0.3) is 5.91 Å². The predicted octanol–water partition coefficient (Wildman–Crippen LogP) is 2.51. The Labute approximate surface area is 134 Å². The SMILES string of the molecule is CC(C)(C)c1nc(C(=O)N2CCCC(n3cncn3)C2)cs1. The van der Waals surface area contributed by atoms with Crippen LogP contribution in [0.1, 0.15) is 55.2 Å². The fraction of sp³-hybridized carbons (Fsp3) is 0.600. The van der Waals surface area contributed by atoms with E-state index in [0.29, 0.717) is 12.2 Å². The van der Waals surface area contributed by atoms with E-state index < -0.39 is 0 Å². The van der Waals surface area contributed by atoms with Gasteiger partial charge in [-0.15, -0.1) is 11.3 Å². The Morgan fingerprint density at radius 3 is 2.86 bits per heavy atom. The molecule has 2 aromatic rings. The van der Waals surface area contributed by atoms with Crippen molar-refractivity contribution >= 4 is 17.2 Å². The summed E-state index contributed by atoms with van der Waals surface area (Å²) in [7, 11) is 0. The molecule has 0 spiro atoms. The molecule has 6 nitrogen and oxygen atoms in total. The van der Waals surface area contributed by atoms with E-state index in [4.69, 9.17) is 0 Å². The van der Waals surface area contributed by atoms with Gasteiger partial charge in [-0.25, -0.2) is 14.6 Å². The maximum absolute atomic E-state index is 12.7. The summed E-state index contributed by atoms with van der Waals surface area (Å²) < 4.78 is 1.85. The van der Waals surface area contributed by atoms with E-state index in [-0.39, 0.29) is 17.4 Å². The summed E-state index contributed by atoms with van der Waals surface area (Å²) in [5, 5.41) is 7.07. The first kappa shape index (κ1) is 15.1. The summed E-state index contributed by atoms with van der Waals surface area (Å²) in [6.45, 7) is 7.79. The average molecular weight is 319 g/mol. The molecular weight excluding hydrogens is 298 g/mol. The lowest BCUT2D eigenvalue weighted by atomic mass is 9.98. The van der Waals surface area contributed by atoms with E-state index in [0.717, 1.165) is 24.4 Å². The van der Waals surface area contributed by atoms with Crippen LogP contribution in [0.2, 0.25) is 0 Å². The number of piperidine rings is 1. The highest BCUT2D eigenvalue weighted by Gasteiger charge is 2.28. The van der Waals surface area contributed by atoms with Gasteiger partial charge in [-0.3, -0.25) is 4.79 Å². The highest BCUT2D eigenvalue weighted by Crippen LogP contribution is 2.27. The van der Waals surface area contributed by atoms with Gasteiger partial charge < -0.3 is 4.90 Å². The van der Waals surface area contributed by atoms with Crippen LogP contribution in [0.3, 0.4) is 0 Å². The topological polar surface area (TPSA) is 63.9 Å². The maximum Gasteiger partial charge on any atom is 0.273 e. The van der Waals surface area contributed by atoms with Crippen LogP contribution in [0.5, 0.6) is 0 Å². The Bertz CT molecular complexity index is 643. The molecular formula is C15H21N5OS. The largest absolute Gasteiger partial charge is 0.335 e. The van der Waals surface area contributed by atoms with Crippen LogP contribution in [0, 0.1) is 0 Å². The van der Waals surface area contributed by atoms with Gasteiger partial charge in [-0.2, -0.15) is 5.10 Å². The number of hydrogen-bond acceptors (Lipinski definition) is 5. The first-order valence-electron chi connectivity index (χ1n) is 7.54. The van der Waals surface area contributed by atoms with Gasteiger partial charge in [0.2, 0.25) is 0 Å². The van der Waals surface area contributed by atoms with Crippen molar-refractivity contribution in [3.63, 3.8) is 0 Å². The summed E-state index contributed by atoms with van der Waals surface area (Å²) in [5.41, 5.74) is 0.545. The van der Waals surface area contributed by atoms with Crippen molar-refractivity contribution in [2.45, 2.75) is 45.1 Å². The van der Waals surface area contributed by atoms with Crippen LogP contribution in [0.15, 0.2) is 18.0 Å². The molecule has 2 aromatic heterocycles. The normalized spacial score (nSPS) is 19.4. The van der Waals surface area contributed by atoms with Crippen molar-refractivity contribution in [3.05, 3.63) is 28.7 Å². The molecule has 0 radical (unpaired) electrons. The van der Waals surface area contributed by atoms with Crippen LogP contribution in [0.4, 0.5) is 0 Å². The second kappa shape index (κ2) is 5.79.